The van der Waals surface area contributed by atoms with Crippen LogP contribution in [0.25, 0.3) is 0 Å². The van der Waals surface area contributed by atoms with E-state index in [1.807, 2.05) is 11.8 Å². The lowest BCUT2D eigenvalue weighted by Gasteiger charge is -2.19. The number of likely N-dealkylation sites (tertiary alicyclic amines) is 1. The van der Waals surface area contributed by atoms with Crippen molar-refractivity contribution in [1.82, 2.24) is 4.90 Å². The van der Waals surface area contributed by atoms with Gasteiger partial charge in [0.25, 0.3) is 0 Å². The van der Waals surface area contributed by atoms with Crippen molar-refractivity contribution in [1.29, 1.82) is 0 Å². The van der Waals surface area contributed by atoms with Crippen LogP contribution in [0.1, 0.15) is 12.0 Å². The maximum absolute atomic E-state index is 10.9. The molecule has 3 rings (SSSR count). The van der Waals surface area contributed by atoms with Crippen molar-refractivity contribution in [2.75, 3.05) is 19.6 Å². The molecule has 4 heteroatoms. The largest absolute Gasteiger partial charge is 0.481 e. The van der Waals surface area contributed by atoms with E-state index in [2.05, 4.69) is 29.2 Å². The van der Waals surface area contributed by atoms with E-state index in [1.54, 1.807) is 0 Å². The van der Waals surface area contributed by atoms with Gasteiger partial charge < -0.3 is 10.0 Å². The molecule has 2 aliphatic heterocycles. The average Bonchev–Trinajstić information content (AvgIpc) is 2.94. The monoisotopic (exact) mass is 263 g/mol. The Morgan fingerprint density at radius 1 is 1.44 bits per heavy atom. The SMILES string of the molecule is O=C(O)C1CCN(CC2Cc3ccccc3S2)C1. The molecule has 2 aliphatic rings. The first-order valence-corrected chi connectivity index (χ1v) is 7.30. The van der Waals surface area contributed by atoms with Crippen molar-refractivity contribution in [3.8, 4) is 0 Å². The molecule has 2 atom stereocenters. The fourth-order valence-electron chi connectivity index (χ4n) is 2.84. The number of carbonyl (C=O) groups is 1. The molecular weight excluding hydrogens is 246 g/mol. The number of thioether (sulfide) groups is 1. The van der Waals surface area contributed by atoms with Gasteiger partial charge in [-0.25, -0.2) is 0 Å². The minimum atomic E-state index is -0.639. The van der Waals surface area contributed by atoms with Gasteiger partial charge in [0, 0.05) is 23.2 Å². The van der Waals surface area contributed by atoms with Crippen LogP contribution in [0.15, 0.2) is 29.2 Å². The predicted molar refractivity (Wildman–Crippen MR) is 72.0 cm³/mol. The first-order chi connectivity index (χ1) is 8.72. The zero-order chi connectivity index (χ0) is 12.5. The molecule has 0 amide bonds. The Hall–Kier alpha value is -1.00. The molecule has 0 spiro atoms. The topological polar surface area (TPSA) is 40.5 Å². The van der Waals surface area contributed by atoms with E-state index in [4.69, 9.17) is 5.11 Å². The third kappa shape index (κ3) is 2.40. The molecule has 2 unspecified atom stereocenters. The molecule has 0 radical (unpaired) electrons. The van der Waals surface area contributed by atoms with Gasteiger partial charge in [0.2, 0.25) is 0 Å². The summed E-state index contributed by atoms with van der Waals surface area (Å²) >= 11 is 1.94. The van der Waals surface area contributed by atoms with Gasteiger partial charge in [-0.15, -0.1) is 11.8 Å². The molecule has 1 aromatic rings. The Balaban J connectivity index is 1.56. The summed E-state index contributed by atoms with van der Waals surface area (Å²) in [4.78, 5) is 14.6. The fraction of sp³-hybridized carbons (Fsp3) is 0.500. The van der Waals surface area contributed by atoms with Crippen molar-refractivity contribution in [3.05, 3.63) is 29.8 Å². The Labute approximate surface area is 111 Å². The Morgan fingerprint density at radius 2 is 2.28 bits per heavy atom. The van der Waals surface area contributed by atoms with Crippen LogP contribution >= 0.6 is 11.8 Å². The number of nitrogens with zero attached hydrogens (tertiary/aromatic N) is 1. The molecule has 0 aromatic heterocycles. The second kappa shape index (κ2) is 4.94. The Morgan fingerprint density at radius 3 is 3.00 bits per heavy atom. The lowest BCUT2D eigenvalue weighted by atomic mass is 10.1. The van der Waals surface area contributed by atoms with Crippen LogP contribution in [0.3, 0.4) is 0 Å². The molecule has 0 bridgehead atoms. The van der Waals surface area contributed by atoms with Crippen molar-refractivity contribution < 1.29 is 9.90 Å². The summed E-state index contributed by atoms with van der Waals surface area (Å²) in [6.45, 7) is 2.68. The van der Waals surface area contributed by atoms with E-state index in [-0.39, 0.29) is 5.92 Å². The van der Waals surface area contributed by atoms with Gasteiger partial charge in [-0.05, 0) is 31.0 Å². The number of carboxylic acids is 1. The zero-order valence-electron chi connectivity index (χ0n) is 10.2. The van der Waals surface area contributed by atoms with Crippen LogP contribution < -0.4 is 0 Å². The average molecular weight is 263 g/mol. The smallest absolute Gasteiger partial charge is 0.307 e. The van der Waals surface area contributed by atoms with Gasteiger partial charge in [-0.3, -0.25) is 4.79 Å². The van der Waals surface area contributed by atoms with Crippen LogP contribution in [0.2, 0.25) is 0 Å². The van der Waals surface area contributed by atoms with E-state index in [0.717, 1.165) is 32.5 Å². The normalized spacial score (nSPS) is 27.3. The van der Waals surface area contributed by atoms with Crippen LogP contribution in [0.5, 0.6) is 0 Å². The standard InChI is InChI=1S/C14H17NO2S/c16-14(17)11-5-6-15(8-11)9-12-7-10-3-1-2-4-13(10)18-12/h1-4,11-12H,5-9H2,(H,16,17). The maximum atomic E-state index is 10.9. The molecule has 3 nitrogen and oxygen atoms in total. The van der Waals surface area contributed by atoms with Gasteiger partial charge >= 0.3 is 5.97 Å². The molecule has 0 saturated carbocycles. The van der Waals surface area contributed by atoms with Crippen LogP contribution in [0, 0.1) is 5.92 Å². The maximum Gasteiger partial charge on any atom is 0.307 e. The molecule has 0 aliphatic carbocycles. The van der Waals surface area contributed by atoms with Gasteiger partial charge in [-0.2, -0.15) is 0 Å². The number of aliphatic carboxylic acids is 1. The molecule has 1 fully saturated rings. The number of rotatable bonds is 3. The number of hydrogen-bond acceptors (Lipinski definition) is 3. The van der Waals surface area contributed by atoms with Crippen molar-refractivity contribution in [2.45, 2.75) is 23.0 Å². The molecule has 1 saturated heterocycles. The molecule has 96 valence electrons. The van der Waals surface area contributed by atoms with Gasteiger partial charge in [0.15, 0.2) is 0 Å². The molecule has 1 aromatic carbocycles. The van der Waals surface area contributed by atoms with E-state index in [0.29, 0.717) is 5.25 Å². The summed E-state index contributed by atoms with van der Waals surface area (Å²) in [5.41, 5.74) is 1.45. The van der Waals surface area contributed by atoms with Crippen LogP contribution in [-0.2, 0) is 11.2 Å². The second-order valence-corrected chi connectivity index (χ2v) is 6.48. The van der Waals surface area contributed by atoms with E-state index in [9.17, 15) is 4.79 Å². The molecule has 1 N–H and O–H groups in total. The van der Waals surface area contributed by atoms with E-state index in [1.165, 1.54) is 10.5 Å². The highest BCUT2D eigenvalue weighted by Crippen LogP contribution is 2.37. The minimum absolute atomic E-state index is 0.154. The van der Waals surface area contributed by atoms with Gasteiger partial charge in [-0.1, -0.05) is 18.2 Å². The Kier molecular flexibility index (Phi) is 3.31. The fourth-order valence-corrected chi connectivity index (χ4v) is 4.21. The summed E-state index contributed by atoms with van der Waals surface area (Å²) in [5.74, 6) is -0.793. The number of carboxylic acid groups (broad SMARTS) is 1. The highest BCUT2D eigenvalue weighted by atomic mass is 32.2. The van der Waals surface area contributed by atoms with Crippen molar-refractivity contribution in [3.63, 3.8) is 0 Å². The lowest BCUT2D eigenvalue weighted by Crippen LogP contribution is -2.30. The summed E-state index contributed by atoms with van der Waals surface area (Å²) in [6.07, 6.45) is 1.93. The summed E-state index contributed by atoms with van der Waals surface area (Å²) in [5, 5.41) is 9.59. The predicted octanol–water partition coefficient (Wildman–Crippen LogP) is 2.11. The van der Waals surface area contributed by atoms with Gasteiger partial charge in [0.1, 0.15) is 0 Å². The van der Waals surface area contributed by atoms with Crippen molar-refractivity contribution >= 4 is 17.7 Å². The lowest BCUT2D eigenvalue weighted by molar-refractivity contribution is -0.141. The van der Waals surface area contributed by atoms with E-state index < -0.39 is 5.97 Å². The third-order valence-corrected chi connectivity index (χ3v) is 5.10. The third-order valence-electron chi connectivity index (χ3n) is 3.80. The number of hydrogen-bond donors (Lipinski definition) is 1. The quantitative estimate of drug-likeness (QED) is 0.907. The van der Waals surface area contributed by atoms with E-state index >= 15 is 0 Å². The number of benzene rings is 1. The minimum Gasteiger partial charge on any atom is -0.481 e. The molecule has 18 heavy (non-hydrogen) atoms. The molecule has 2 heterocycles. The van der Waals surface area contributed by atoms with Crippen molar-refractivity contribution in [2.24, 2.45) is 5.92 Å². The summed E-state index contributed by atoms with van der Waals surface area (Å²) in [6, 6.07) is 8.57. The van der Waals surface area contributed by atoms with Crippen LogP contribution in [0.4, 0.5) is 0 Å². The zero-order valence-corrected chi connectivity index (χ0v) is 11.0. The Bertz CT molecular complexity index is 438. The summed E-state index contributed by atoms with van der Waals surface area (Å²) < 4.78 is 0. The number of fused-ring (bicyclic) bond motifs is 1. The second-order valence-electron chi connectivity index (χ2n) is 5.14. The molecular formula is C14H17NO2S. The van der Waals surface area contributed by atoms with Crippen LogP contribution in [-0.4, -0.2) is 40.9 Å². The van der Waals surface area contributed by atoms with Gasteiger partial charge in [0.05, 0.1) is 5.92 Å². The first kappa shape index (κ1) is 12.1. The highest BCUT2D eigenvalue weighted by molar-refractivity contribution is 8.00. The highest BCUT2D eigenvalue weighted by Gasteiger charge is 2.31. The first-order valence-electron chi connectivity index (χ1n) is 6.42. The summed E-state index contributed by atoms with van der Waals surface area (Å²) in [7, 11) is 0.